The molecule has 1 saturated heterocycles. The zero-order valence-electron chi connectivity index (χ0n) is 9.46. The summed E-state index contributed by atoms with van der Waals surface area (Å²) in [5.74, 6) is -0.452. The molecular weight excluding hydrogens is 238 g/mol. The first-order chi connectivity index (χ1) is 8.16. The summed E-state index contributed by atoms with van der Waals surface area (Å²) in [4.78, 5) is 24.4. The number of nitrogens with zero attached hydrogens (tertiary/aromatic N) is 1. The van der Waals surface area contributed by atoms with Gasteiger partial charge >= 0.3 is 5.97 Å². The van der Waals surface area contributed by atoms with E-state index in [0.717, 1.165) is 18.4 Å². The minimum Gasteiger partial charge on any atom is -0.481 e. The zero-order valence-corrected chi connectivity index (χ0v) is 10.3. The van der Waals surface area contributed by atoms with Crippen LogP contribution in [-0.4, -0.2) is 35.0 Å². The highest BCUT2D eigenvalue weighted by molar-refractivity contribution is 7.08. The maximum absolute atomic E-state index is 12.0. The van der Waals surface area contributed by atoms with Gasteiger partial charge in [-0.3, -0.25) is 9.59 Å². The Kier molecular flexibility index (Phi) is 3.78. The molecule has 0 unspecified atom stereocenters. The van der Waals surface area contributed by atoms with Crippen LogP contribution in [0.5, 0.6) is 0 Å². The molecule has 1 N–H and O–H groups in total. The summed E-state index contributed by atoms with van der Waals surface area (Å²) in [6.45, 7) is 1.35. The number of carbonyl (C=O) groups is 2. The Bertz CT molecular complexity index is 394. The fourth-order valence-electron chi connectivity index (χ4n) is 2.16. The molecule has 0 bridgehead atoms. The molecule has 0 radical (unpaired) electrons. The van der Waals surface area contributed by atoms with Gasteiger partial charge in [-0.25, -0.2) is 0 Å². The third-order valence-corrected chi connectivity index (χ3v) is 3.82. The van der Waals surface area contributed by atoms with Gasteiger partial charge in [-0.1, -0.05) is 0 Å². The van der Waals surface area contributed by atoms with Crippen LogP contribution in [0.25, 0.3) is 0 Å². The molecule has 92 valence electrons. The van der Waals surface area contributed by atoms with E-state index < -0.39 is 5.97 Å². The minimum atomic E-state index is -0.743. The van der Waals surface area contributed by atoms with Crippen LogP contribution < -0.4 is 0 Å². The van der Waals surface area contributed by atoms with Crippen molar-refractivity contribution in [3.63, 3.8) is 0 Å². The van der Waals surface area contributed by atoms with E-state index in [-0.39, 0.29) is 18.2 Å². The number of hydrogen-bond acceptors (Lipinski definition) is 3. The molecule has 1 aliphatic rings. The standard InChI is InChI=1S/C12H15NO3S/c14-11(15)7-9-1-4-13(5-2-9)12(16)10-3-6-17-8-10/h3,6,8-9H,1-2,4-5,7H2,(H,14,15). The molecule has 0 aromatic carbocycles. The molecule has 1 amide bonds. The smallest absolute Gasteiger partial charge is 0.303 e. The Hall–Kier alpha value is -1.36. The number of amides is 1. The number of thiophene rings is 1. The second-order valence-electron chi connectivity index (χ2n) is 4.35. The lowest BCUT2D eigenvalue weighted by atomic mass is 9.93. The average Bonchev–Trinajstić information content (AvgIpc) is 2.82. The van der Waals surface area contributed by atoms with Crippen LogP contribution in [0.15, 0.2) is 16.8 Å². The molecule has 2 heterocycles. The number of rotatable bonds is 3. The van der Waals surface area contributed by atoms with E-state index in [9.17, 15) is 9.59 Å². The minimum absolute atomic E-state index is 0.0695. The van der Waals surface area contributed by atoms with Crippen LogP contribution in [0.4, 0.5) is 0 Å². The molecule has 17 heavy (non-hydrogen) atoms. The van der Waals surface area contributed by atoms with Gasteiger partial charge < -0.3 is 10.0 Å². The van der Waals surface area contributed by atoms with Gasteiger partial charge in [-0.2, -0.15) is 11.3 Å². The van der Waals surface area contributed by atoms with Gasteiger partial charge in [0.15, 0.2) is 0 Å². The van der Waals surface area contributed by atoms with Crippen LogP contribution in [0, 0.1) is 5.92 Å². The largest absolute Gasteiger partial charge is 0.481 e. The fraction of sp³-hybridized carbons (Fsp3) is 0.500. The number of hydrogen-bond donors (Lipinski definition) is 1. The Morgan fingerprint density at radius 2 is 2.12 bits per heavy atom. The summed E-state index contributed by atoms with van der Waals surface area (Å²) in [5.41, 5.74) is 0.742. The van der Waals surface area contributed by atoms with E-state index >= 15 is 0 Å². The molecular formula is C12H15NO3S. The number of carbonyl (C=O) groups excluding carboxylic acids is 1. The molecule has 2 rings (SSSR count). The van der Waals surface area contributed by atoms with Crippen molar-refractivity contribution in [3.05, 3.63) is 22.4 Å². The first-order valence-electron chi connectivity index (χ1n) is 5.70. The van der Waals surface area contributed by atoms with Crippen LogP contribution in [0.3, 0.4) is 0 Å². The van der Waals surface area contributed by atoms with Crippen molar-refractivity contribution in [2.75, 3.05) is 13.1 Å². The highest BCUT2D eigenvalue weighted by Gasteiger charge is 2.24. The predicted molar refractivity (Wildman–Crippen MR) is 65.2 cm³/mol. The van der Waals surface area contributed by atoms with Crippen LogP contribution >= 0.6 is 11.3 Å². The third kappa shape index (κ3) is 3.06. The van der Waals surface area contributed by atoms with Crippen LogP contribution in [0.1, 0.15) is 29.6 Å². The molecule has 4 nitrogen and oxygen atoms in total. The monoisotopic (exact) mass is 253 g/mol. The van der Waals surface area contributed by atoms with E-state index in [1.807, 2.05) is 21.7 Å². The van der Waals surface area contributed by atoms with Crippen molar-refractivity contribution in [1.82, 2.24) is 4.90 Å². The average molecular weight is 253 g/mol. The molecule has 0 atom stereocenters. The lowest BCUT2D eigenvalue weighted by molar-refractivity contribution is -0.138. The van der Waals surface area contributed by atoms with Gasteiger partial charge in [0.2, 0.25) is 0 Å². The lowest BCUT2D eigenvalue weighted by Gasteiger charge is -2.31. The number of aliphatic carboxylic acids is 1. The maximum Gasteiger partial charge on any atom is 0.303 e. The normalized spacial score (nSPS) is 17.1. The SMILES string of the molecule is O=C(O)CC1CCN(C(=O)c2ccsc2)CC1. The van der Waals surface area contributed by atoms with E-state index in [0.29, 0.717) is 13.1 Å². The molecule has 0 aliphatic carbocycles. The van der Waals surface area contributed by atoms with E-state index in [1.54, 1.807) is 0 Å². The molecule has 1 aromatic heterocycles. The van der Waals surface area contributed by atoms with E-state index in [2.05, 4.69) is 0 Å². The number of likely N-dealkylation sites (tertiary alicyclic amines) is 1. The number of carboxylic acid groups (broad SMARTS) is 1. The van der Waals surface area contributed by atoms with Crippen molar-refractivity contribution < 1.29 is 14.7 Å². The molecule has 5 heteroatoms. The third-order valence-electron chi connectivity index (χ3n) is 3.13. The fourth-order valence-corrected chi connectivity index (χ4v) is 2.79. The van der Waals surface area contributed by atoms with Crippen LogP contribution in [-0.2, 0) is 4.79 Å². The van der Waals surface area contributed by atoms with E-state index in [1.165, 1.54) is 11.3 Å². The van der Waals surface area contributed by atoms with Gasteiger partial charge in [0, 0.05) is 24.9 Å². The summed E-state index contributed by atoms with van der Waals surface area (Å²) < 4.78 is 0. The highest BCUT2D eigenvalue weighted by Crippen LogP contribution is 2.22. The Labute approximate surface area is 104 Å². The van der Waals surface area contributed by atoms with Crippen molar-refractivity contribution >= 4 is 23.2 Å². The molecule has 0 saturated carbocycles. The van der Waals surface area contributed by atoms with Gasteiger partial charge in [-0.05, 0) is 30.2 Å². The highest BCUT2D eigenvalue weighted by atomic mass is 32.1. The van der Waals surface area contributed by atoms with Crippen molar-refractivity contribution in [1.29, 1.82) is 0 Å². The van der Waals surface area contributed by atoms with Gasteiger partial charge in [0.25, 0.3) is 5.91 Å². The summed E-state index contributed by atoms with van der Waals surface area (Å²) in [6.07, 6.45) is 1.81. The summed E-state index contributed by atoms with van der Waals surface area (Å²) in [5, 5.41) is 12.5. The first kappa shape index (κ1) is 12.1. The Balaban J connectivity index is 1.87. The predicted octanol–water partition coefficient (Wildman–Crippen LogP) is 2.08. The number of piperidine rings is 1. The van der Waals surface area contributed by atoms with Crippen LogP contribution in [0.2, 0.25) is 0 Å². The van der Waals surface area contributed by atoms with Crippen molar-refractivity contribution in [2.24, 2.45) is 5.92 Å². The molecule has 1 fully saturated rings. The Morgan fingerprint density at radius 3 is 2.65 bits per heavy atom. The maximum atomic E-state index is 12.0. The summed E-state index contributed by atoms with van der Waals surface area (Å²) in [6, 6.07) is 1.83. The Morgan fingerprint density at radius 1 is 1.41 bits per heavy atom. The zero-order chi connectivity index (χ0) is 12.3. The second-order valence-corrected chi connectivity index (χ2v) is 5.13. The van der Waals surface area contributed by atoms with Gasteiger partial charge in [0.05, 0.1) is 5.56 Å². The lowest BCUT2D eigenvalue weighted by Crippen LogP contribution is -2.38. The van der Waals surface area contributed by atoms with Crippen molar-refractivity contribution in [2.45, 2.75) is 19.3 Å². The first-order valence-corrected chi connectivity index (χ1v) is 6.64. The molecule has 0 spiro atoms. The van der Waals surface area contributed by atoms with E-state index in [4.69, 9.17) is 5.11 Å². The van der Waals surface area contributed by atoms with Gasteiger partial charge in [0.1, 0.15) is 0 Å². The second kappa shape index (κ2) is 5.31. The quantitative estimate of drug-likeness (QED) is 0.897. The summed E-state index contributed by atoms with van der Waals surface area (Å²) in [7, 11) is 0. The molecule has 1 aliphatic heterocycles. The van der Waals surface area contributed by atoms with Crippen molar-refractivity contribution in [3.8, 4) is 0 Å². The molecule has 1 aromatic rings. The topological polar surface area (TPSA) is 57.6 Å². The summed E-state index contributed by atoms with van der Waals surface area (Å²) >= 11 is 1.52. The van der Waals surface area contributed by atoms with Gasteiger partial charge in [-0.15, -0.1) is 0 Å². The number of carboxylic acids is 1.